The third-order valence-electron chi connectivity index (χ3n) is 5.42. The standard InChI is InChI=1S/C18H19BrF3N3O3S/c19-11-3-6-16-14(8-11)15(10-25(16)12-4-5-12)17(26)24-7-1-2-13(24)9-23-29(27,28)18(20,21)22/h3,6,8,10,12-13,23H,1-2,4-5,7,9H2/t13-/m0/s1. The zero-order chi connectivity index (χ0) is 21.0. The summed E-state index contributed by atoms with van der Waals surface area (Å²) in [5.41, 5.74) is -3.95. The number of rotatable bonds is 5. The number of benzene rings is 1. The van der Waals surface area contributed by atoms with E-state index in [1.165, 1.54) is 4.90 Å². The van der Waals surface area contributed by atoms with Crippen LogP contribution in [0.3, 0.4) is 0 Å². The van der Waals surface area contributed by atoms with Crippen molar-refractivity contribution in [1.82, 2.24) is 14.2 Å². The molecule has 1 N–H and O–H groups in total. The van der Waals surface area contributed by atoms with E-state index in [0.717, 1.165) is 28.2 Å². The molecule has 29 heavy (non-hydrogen) atoms. The van der Waals surface area contributed by atoms with Crippen LogP contribution >= 0.6 is 15.9 Å². The van der Waals surface area contributed by atoms with Crippen LogP contribution in [-0.2, 0) is 10.0 Å². The largest absolute Gasteiger partial charge is 0.511 e. The van der Waals surface area contributed by atoms with Crippen LogP contribution in [0.25, 0.3) is 10.9 Å². The summed E-state index contributed by atoms with van der Waals surface area (Å²) in [7, 11) is -5.44. The summed E-state index contributed by atoms with van der Waals surface area (Å²) in [6.45, 7) is -0.0834. The Balaban J connectivity index is 1.60. The van der Waals surface area contributed by atoms with E-state index in [9.17, 15) is 26.4 Å². The van der Waals surface area contributed by atoms with Crippen LogP contribution in [-0.4, -0.2) is 48.4 Å². The van der Waals surface area contributed by atoms with Gasteiger partial charge in [0.25, 0.3) is 5.91 Å². The van der Waals surface area contributed by atoms with E-state index in [1.54, 1.807) is 4.72 Å². The fraction of sp³-hybridized carbons (Fsp3) is 0.500. The topological polar surface area (TPSA) is 71.4 Å². The fourth-order valence-electron chi connectivity index (χ4n) is 3.81. The second-order valence-corrected chi connectivity index (χ2v) is 10.1. The van der Waals surface area contributed by atoms with Gasteiger partial charge in [0.05, 0.1) is 5.56 Å². The number of aromatic nitrogens is 1. The van der Waals surface area contributed by atoms with Crippen molar-refractivity contribution in [3.8, 4) is 0 Å². The number of likely N-dealkylation sites (tertiary alicyclic amines) is 1. The lowest BCUT2D eigenvalue weighted by Gasteiger charge is -2.25. The van der Waals surface area contributed by atoms with Crippen molar-refractivity contribution in [1.29, 1.82) is 0 Å². The summed E-state index contributed by atoms with van der Waals surface area (Å²) in [6, 6.07) is 5.44. The monoisotopic (exact) mass is 493 g/mol. The number of nitrogens with zero attached hydrogens (tertiary/aromatic N) is 2. The molecular weight excluding hydrogens is 475 g/mol. The van der Waals surface area contributed by atoms with Crippen molar-refractivity contribution in [3.63, 3.8) is 0 Å². The lowest BCUT2D eigenvalue weighted by molar-refractivity contribution is -0.0448. The van der Waals surface area contributed by atoms with Gasteiger partial charge in [-0.05, 0) is 43.9 Å². The van der Waals surface area contributed by atoms with E-state index in [2.05, 4.69) is 20.5 Å². The number of carbonyl (C=O) groups is 1. The molecule has 0 radical (unpaired) electrons. The molecule has 11 heteroatoms. The van der Waals surface area contributed by atoms with Crippen molar-refractivity contribution in [3.05, 3.63) is 34.4 Å². The molecule has 1 aromatic heterocycles. The molecule has 1 amide bonds. The number of fused-ring (bicyclic) bond motifs is 1. The smallest absolute Gasteiger partial charge is 0.344 e. The molecule has 2 aromatic rings. The number of carbonyl (C=O) groups excluding carboxylic acids is 1. The Kier molecular flexibility index (Phi) is 5.19. The van der Waals surface area contributed by atoms with Crippen LogP contribution in [0.2, 0.25) is 0 Å². The van der Waals surface area contributed by atoms with E-state index >= 15 is 0 Å². The normalized spacial score (nSPS) is 20.6. The van der Waals surface area contributed by atoms with Gasteiger partial charge < -0.3 is 9.47 Å². The molecule has 1 atom stereocenters. The highest BCUT2D eigenvalue weighted by molar-refractivity contribution is 9.10. The Morgan fingerprint density at radius 1 is 1.24 bits per heavy atom. The average Bonchev–Trinajstić information content (AvgIpc) is 3.25. The second-order valence-electron chi connectivity index (χ2n) is 7.43. The molecule has 158 valence electrons. The zero-order valence-corrected chi connectivity index (χ0v) is 17.6. The van der Waals surface area contributed by atoms with Crippen LogP contribution < -0.4 is 4.72 Å². The van der Waals surface area contributed by atoms with E-state index < -0.39 is 28.1 Å². The van der Waals surface area contributed by atoms with E-state index in [4.69, 9.17) is 0 Å². The summed E-state index contributed by atoms with van der Waals surface area (Å²) in [6.07, 6.45) is 4.94. The van der Waals surface area contributed by atoms with Crippen LogP contribution in [0.4, 0.5) is 13.2 Å². The predicted molar refractivity (Wildman–Crippen MR) is 105 cm³/mol. The Bertz CT molecular complexity index is 1060. The van der Waals surface area contributed by atoms with E-state index in [0.29, 0.717) is 31.0 Å². The van der Waals surface area contributed by atoms with Crippen LogP contribution in [0, 0.1) is 0 Å². The van der Waals surface area contributed by atoms with Crippen molar-refractivity contribution in [2.24, 2.45) is 0 Å². The molecule has 2 fully saturated rings. The van der Waals surface area contributed by atoms with Crippen molar-refractivity contribution in [2.75, 3.05) is 13.1 Å². The van der Waals surface area contributed by atoms with Crippen molar-refractivity contribution in [2.45, 2.75) is 43.3 Å². The minimum Gasteiger partial charge on any atom is -0.344 e. The first-order valence-electron chi connectivity index (χ1n) is 9.25. The highest BCUT2D eigenvalue weighted by Gasteiger charge is 2.46. The molecule has 2 heterocycles. The molecule has 0 spiro atoms. The fourth-order valence-corrected chi connectivity index (χ4v) is 4.75. The summed E-state index contributed by atoms with van der Waals surface area (Å²) in [4.78, 5) is 14.7. The maximum Gasteiger partial charge on any atom is 0.511 e. The minimum atomic E-state index is -5.44. The lowest BCUT2D eigenvalue weighted by atomic mass is 10.1. The van der Waals surface area contributed by atoms with Gasteiger partial charge in [0.1, 0.15) is 0 Å². The average molecular weight is 494 g/mol. The molecule has 1 aromatic carbocycles. The molecular formula is C18H19BrF3N3O3S. The second kappa shape index (κ2) is 7.28. The quantitative estimate of drug-likeness (QED) is 0.688. The van der Waals surface area contributed by atoms with Gasteiger partial charge in [-0.2, -0.15) is 13.2 Å². The Hall–Kier alpha value is -1.59. The molecule has 1 aliphatic heterocycles. The molecule has 1 aliphatic carbocycles. The van der Waals surface area contributed by atoms with E-state index in [-0.39, 0.29) is 5.91 Å². The van der Waals surface area contributed by atoms with Gasteiger partial charge in [-0.1, -0.05) is 15.9 Å². The first kappa shape index (κ1) is 20.7. The summed E-state index contributed by atoms with van der Waals surface area (Å²) in [5, 5.41) is 0.776. The third-order valence-corrected chi connectivity index (χ3v) is 7.07. The van der Waals surface area contributed by atoms with Gasteiger partial charge >= 0.3 is 15.5 Å². The zero-order valence-electron chi connectivity index (χ0n) is 15.2. The number of alkyl halides is 3. The maximum atomic E-state index is 13.3. The Morgan fingerprint density at radius 3 is 2.62 bits per heavy atom. The molecule has 2 aliphatic rings. The minimum absolute atomic E-state index is 0.291. The van der Waals surface area contributed by atoms with Crippen molar-refractivity contribution < 1.29 is 26.4 Å². The van der Waals surface area contributed by atoms with Gasteiger partial charge in [0, 0.05) is 46.7 Å². The molecule has 4 rings (SSSR count). The molecule has 1 saturated heterocycles. The Labute approximate surface area is 174 Å². The van der Waals surface area contributed by atoms with Gasteiger partial charge in [0.2, 0.25) is 0 Å². The number of halogens is 4. The first-order valence-corrected chi connectivity index (χ1v) is 11.5. The highest BCUT2D eigenvalue weighted by atomic mass is 79.9. The number of hydrogen-bond acceptors (Lipinski definition) is 3. The summed E-state index contributed by atoms with van der Waals surface area (Å²) in [5.74, 6) is -0.291. The molecule has 1 saturated carbocycles. The summed E-state index contributed by atoms with van der Waals surface area (Å²) >= 11 is 3.42. The number of amides is 1. The van der Waals surface area contributed by atoms with Crippen LogP contribution in [0.5, 0.6) is 0 Å². The molecule has 0 unspecified atom stereocenters. The summed E-state index contributed by atoms with van der Waals surface area (Å²) < 4.78 is 64.9. The molecule has 0 bridgehead atoms. The van der Waals surface area contributed by atoms with Gasteiger partial charge in [-0.15, -0.1) is 0 Å². The number of sulfonamides is 1. The lowest BCUT2D eigenvalue weighted by Crippen LogP contribution is -2.46. The van der Waals surface area contributed by atoms with Gasteiger partial charge in [0.15, 0.2) is 0 Å². The van der Waals surface area contributed by atoms with Gasteiger partial charge in [-0.25, -0.2) is 13.1 Å². The SMILES string of the molecule is O=C(c1cn(C2CC2)c2ccc(Br)cc12)N1CCC[C@H]1CNS(=O)(=O)C(F)(F)F. The van der Waals surface area contributed by atoms with Gasteiger partial charge in [-0.3, -0.25) is 4.79 Å². The highest BCUT2D eigenvalue weighted by Crippen LogP contribution is 2.40. The van der Waals surface area contributed by atoms with Crippen molar-refractivity contribution >= 4 is 42.8 Å². The molecule has 6 nitrogen and oxygen atoms in total. The van der Waals surface area contributed by atoms with Crippen LogP contribution in [0.1, 0.15) is 42.1 Å². The third kappa shape index (κ3) is 3.91. The predicted octanol–water partition coefficient (Wildman–Crippen LogP) is 3.78. The first-order chi connectivity index (χ1) is 13.6. The number of nitrogens with one attached hydrogen (secondary N) is 1. The maximum absolute atomic E-state index is 13.3. The number of hydrogen-bond donors (Lipinski definition) is 1. The Morgan fingerprint density at radius 2 is 1.97 bits per heavy atom. The van der Waals surface area contributed by atoms with E-state index in [1.807, 2.05) is 24.4 Å². The van der Waals surface area contributed by atoms with Crippen LogP contribution in [0.15, 0.2) is 28.9 Å².